The van der Waals surface area contributed by atoms with Gasteiger partial charge in [-0.2, -0.15) is 0 Å². The molecule has 0 radical (unpaired) electrons. The van der Waals surface area contributed by atoms with Gasteiger partial charge in [-0.3, -0.25) is 0 Å². The summed E-state index contributed by atoms with van der Waals surface area (Å²) in [5, 5.41) is 3.74. The molecule has 3 heteroatoms. The van der Waals surface area contributed by atoms with Gasteiger partial charge in [-0.1, -0.05) is 6.07 Å². The molecule has 2 bridgehead atoms. The second-order valence-corrected chi connectivity index (χ2v) is 6.86. The zero-order valence-electron chi connectivity index (χ0n) is 11.9. The fraction of sp³-hybridized carbons (Fsp3) is 0.647. The van der Waals surface area contributed by atoms with E-state index in [9.17, 15) is 0 Å². The summed E-state index contributed by atoms with van der Waals surface area (Å²) in [5.41, 5.74) is 3.37. The third-order valence-electron chi connectivity index (χ3n) is 6.29. The Kier molecular flexibility index (Phi) is 2.07. The van der Waals surface area contributed by atoms with Gasteiger partial charge in [-0.05, 0) is 61.9 Å². The summed E-state index contributed by atoms with van der Waals surface area (Å²) in [5.74, 6) is 0.994. The predicted octanol–water partition coefficient (Wildman–Crippen LogP) is 2.17. The molecule has 4 atom stereocenters. The van der Waals surface area contributed by atoms with Crippen LogP contribution in [0.5, 0.6) is 5.75 Å². The standard InChI is InChI=1S/C17H21NO2/c1-19-12-5-4-11-9-14-17-15(20-17)3-2-6-16(17,7-8-18-14)13(11)10-12/h4-5,10,14-15,18H,2-3,6-9H2,1H3/t14-,15?,16+,17?/m1/s1. The smallest absolute Gasteiger partial charge is 0.120 e. The van der Waals surface area contributed by atoms with Crippen LogP contribution in [0.15, 0.2) is 18.2 Å². The zero-order valence-corrected chi connectivity index (χ0v) is 11.9. The van der Waals surface area contributed by atoms with Gasteiger partial charge in [-0.15, -0.1) is 0 Å². The number of hydrogen-bond acceptors (Lipinski definition) is 3. The molecule has 2 saturated heterocycles. The maximum absolute atomic E-state index is 6.35. The van der Waals surface area contributed by atoms with Crippen molar-refractivity contribution in [1.82, 2.24) is 5.32 Å². The average molecular weight is 271 g/mol. The van der Waals surface area contributed by atoms with E-state index in [1.807, 2.05) is 0 Å². The number of piperidine rings is 1. The molecule has 1 aromatic carbocycles. The maximum Gasteiger partial charge on any atom is 0.120 e. The molecule has 3 nitrogen and oxygen atoms in total. The Labute approximate surface area is 119 Å². The first-order chi connectivity index (χ1) is 9.80. The van der Waals surface area contributed by atoms with Crippen molar-refractivity contribution >= 4 is 0 Å². The minimum absolute atomic E-state index is 0.100. The third kappa shape index (κ3) is 1.12. The van der Waals surface area contributed by atoms with Crippen LogP contribution in [0.4, 0.5) is 0 Å². The predicted molar refractivity (Wildman–Crippen MR) is 76.2 cm³/mol. The molecule has 20 heavy (non-hydrogen) atoms. The van der Waals surface area contributed by atoms with Gasteiger partial charge in [0.2, 0.25) is 0 Å². The van der Waals surface area contributed by atoms with Gasteiger partial charge in [0.25, 0.3) is 0 Å². The molecular formula is C17H21NO2. The Balaban J connectivity index is 1.75. The molecule has 2 unspecified atom stereocenters. The topological polar surface area (TPSA) is 33.8 Å². The van der Waals surface area contributed by atoms with Gasteiger partial charge in [-0.25, -0.2) is 0 Å². The van der Waals surface area contributed by atoms with E-state index in [2.05, 4.69) is 23.5 Å². The fourth-order valence-corrected chi connectivity index (χ4v) is 5.48. The van der Waals surface area contributed by atoms with Crippen molar-refractivity contribution in [2.24, 2.45) is 0 Å². The molecule has 1 spiro atoms. The van der Waals surface area contributed by atoms with Crippen LogP contribution in [0.25, 0.3) is 0 Å². The van der Waals surface area contributed by atoms with Gasteiger partial charge in [0.05, 0.1) is 13.2 Å². The van der Waals surface area contributed by atoms with Crippen molar-refractivity contribution in [1.29, 1.82) is 0 Å². The number of hydrogen-bond donors (Lipinski definition) is 1. The summed E-state index contributed by atoms with van der Waals surface area (Å²) in [7, 11) is 1.76. The van der Waals surface area contributed by atoms with Gasteiger partial charge in [0, 0.05) is 11.5 Å². The number of benzene rings is 1. The molecule has 2 aliphatic heterocycles. The molecule has 0 aromatic heterocycles. The van der Waals surface area contributed by atoms with Crippen molar-refractivity contribution in [2.75, 3.05) is 13.7 Å². The van der Waals surface area contributed by atoms with E-state index in [1.165, 1.54) is 36.8 Å². The second kappa shape index (κ2) is 3.58. The average Bonchev–Trinajstić information content (AvgIpc) is 3.20. The Hall–Kier alpha value is -1.06. The van der Waals surface area contributed by atoms with Crippen molar-refractivity contribution in [3.8, 4) is 5.75 Å². The first-order valence-corrected chi connectivity index (χ1v) is 7.89. The van der Waals surface area contributed by atoms with E-state index < -0.39 is 0 Å². The van der Waals surface area contributed by atoms with Crippen LogP contribution in [0.3, 0.4) is 0 Å². The Morgan fingerprint density at radius 1 is 1.35 bits per heavy atom. The van der Waals surface area contributed by atoms with E-state index in [0.717, 1.165) is 18.7 Å². The van der Waals surface area contributed by atoms with E-state index in [-0.39, 0.29) is 11.0 Å². The van der Waals surface area contributed by atoms with Gasteiger partial charge in [0.1, 0.15) is 11.4 Å². The molecule has 2 aliphatic carbocycles. The Bertz CT molecular complexity index is 582. The number of rotatable bonds is 1. The molecular weight excluding hydrogens is 250 g/mol. The lowest BCUT2D eigenvalue weighted by molar-refractivity contribution is 0.0661. The van der Waals surface area contributed by atoms with Crippen LogP contribution >= 0.6 is 0 Å². The first-order valence-electron chi connectivity index (χ1n) is 7.89. The fourth-order valence-electron chi connectivity index (χ4n) is 5.48. The lowest BCUT2D eigenvalue weighted by atomic mass is 9.52. The molecule has 0 amide bonds. The molecule has 5 rings (SSSR count). The summed E-state index contributed by atoms with van der Waals surface area (Å²) >= 11 is 0. The quantitative estimate of drug-likeness (QED) is 0.795. The Morgan fingerprint density at radius 2 is 2.30 bits per heavy atom. The lowest BCUT2D eigenvalue weighted by Crippen LogP contribution is -2.66. The zero-order chi connectivity index (χ0) is 13.4. The third-order valence-corrected chi connectivity index (χ3v) is 6.29. The van der Waals surface area contributed by atoms with Crippen LogP contribution < -0.4 is 10.1 Å². The van der Waals surface area contributed by atoms with Crippen molar-refractivity contribution in [2.45, 2.75) is 55.3 Å². The second-order valence-electron chi connectivity index (χ2n) is 6.86. The normalized spacial score (nSPS) is 44.0. The van der Waals surface area contributed by atoms with E-state index >= 15 is 0 Å². The highest BCUT2D eigenvalue weighted by Crippen LogP contribution is 2.66. The Morgan fingerprint density at radius 3 is 3.20 bits per heavy atom. The van der Waals surface area contributed by atoms with Crippen LogP contribution in [0, 0.1) is 0 Å². The maximum atomic E-state index is 6.35. The SMILES string of the molecule is COc1ccc2c(c1)[C@@]13CCCC4OC41[C@@H](C2)NCC3. The molecule has 1 saturated carbocycles. The van der Waals surface area contributed by atoms with E-state index in [4.69, 9.17) is 9.47 Å². The summed E-state index contributed by atoms with van der Waals surface area (Å²) in [6, 6.07) is 7.19. The minimum atomic E-state index is 0.100. The summed E-state index contributed by atoms with van der Waals surface area (Å²) in [4.78, 5) is 0. The highest BCUT2D eigenvalue weighted by atomic mass is 16.6. The number of fused-ring (bicyclic) bond motifs is 1. The van der Waals surface area contributed by atoms with Crippen LogP contribution in [0.1, 0.15) is 36.8 Å². The number of epoxide rings is 1. The molecule has 2 heterocycles. The summed E-state index contributed by atoms with van der Waals surface area (Å²) in [6.45, 7) is 1.12. The minimum Gasteiger partial charge on any atom is -0.497 e. The van der Waals surface area contributed by atoms with Crippen molar-refractivity contribution < 1.29 is 9.47 Å². The first kappa shape index (κ1) is 11.6. The number of methoxy groups -OCH3 is 1. The molecule has 1 N–H and O–H groups in total. The summed E-state index contributed by atoms with van der Waals surface area (Å²) in [6.07, 6.45) is 6.64. The highest BCUT2D eigenvalue weighted by molar-refractivity contribution is 5.51. The molecule has 1 aromatic rings. The van der Waals surface area contributed by atoms with Gasteiger partial charge < -0.3 is 14.8 Å². The summed E-state index contributed by atoms with van der Waals surface area (Å²) < 4.78 is 11.8. The largest absolute Gasteiger partial charge is 0.497 e. The highest BCUT2D eigenvalue weighted by Gasteiger charge is 2.76. The van der Waals surface area contributed by atoms with Crippen LogP contribution in [-0.2, 0) is 16.6 Å². The van der Waals surface area contributed by atoms with Crippen LogP contribution in [0.2, 0.25) is 0 Å². The molecule has 106 valence electrons. The van der Waals surface area contributed by atoms with E-state index in [0.29, 0.717) is 12.1 Å². The number of ether oxygens (including phenoxy) is 2. The number of nitrogens with one attached hydrogen (secondary N) is 1. The van der Waals surface area contributed by atoms with Crippen LogP contribution in [-0.4, -0.2) is 31.4 Å². The molecule has 3 fully saturated rings. The molecule has 4 aliphatic rings. The van der Waals surface area contributed by atoms with Gasteiger partial charge in [0.15, 0.2) is 0 Å². The van der Waals surface area contributed by atoms with Gasteiger partial charge >= 0.3 is 0 Å². The monoisotopic (exact) mass is 271 g/mol. The lowest BCUT2D eigenvalue weighted by Gasteiger charge is -2.54. The van der Waals surface area contributed by atoms with E-state index in [1.54, 1.807) is 7.11 Å². The van der Waals surface area contributed by atoms with Crippen molar-refractivity contribution in [3.05, 3.63) is 29.3 Å². The van der Waals surface area contributed by atoms with Crippen molar-refractivity contribution in [3.63, 3.8) is 0 Å².